The lowest BCUT2D eigenvalue weighted by molar-refractivity contribution is -0.763. The van der Waals surface area contributed by atoms with E-state index in [9.17, 15) is 14.9 Å². The average molecular weight is 527 g/mol. The maximum atomic E-state index is 12.4. The Kier molecular flexibility index (Phi) is 11.6. The van der Waals surface area contributed by atoms with Crippen LogP contribution < -0.4 is 11.0 Å². The van der Waals surface area contributed by atoms with Crippen LogP contribution in [0.4, 0.5) is 11.4 Å². The summed E-state index contributed by atoms with van der Waals surface area (Å²) in [6.45, 7) is -0.352. The van der Waals surface area contributed by atoms with E-state index in [1.54, 1.807) is 42.5 Å². The summed E-state index contributed by atoms with van der Waals surface area (Å²) < 4.78 is 5.31. The fourth-order valence-electron chi connectivity index (χ4n) is 2.72. The number of carbonyl (C=O) groups excluding carboxylic acids is 1. The molecule has 1 aromatic heterocycles. The normalized spacial score (nSPS) is 10.1. The zero-order valence-corrected chi connectivity index (χ0v) is 19.4. The monoisotopic (exact) mass is 526 g/mol. The van der Waals surface area contributed by atoms with Crippen molar-refractivity contribution in [3.05, 3.63) is 97.8 Å². The molecule has 0 saturated heterocycles. The van der Waals surface area contributed by atoms with E-state index >= 15 is 0 Å². The molecule has 0 saturated carbocycles. The third-order valence-electron chi connectivity index (χ3n) is 4.18. The minimum atomic E-state index is -0.893. The first-order valence-corrected chi connectivity index (χ1v) is 10.5. The van der Waals surface area contributed by atoms with Crippen molar-refractivity contribution in [3.63, 3.8) is 0 Å². The summed E-state index contributed by atoms with van der Waals surface area (Å²) >= 11 is 12.4. The molecule has 0 bridgehead atoms. The highest BCUT2D eigenvalue weighted by Gasteiger charge is 2.13. The van der Waals surface area contributed by atoms with Crippen LogP contribution in [0.3, 0.4) is 0 Å². The van der Waals surface area contributed by atoms with Crippen LogP contribution in [0.2, 0.25) is 10.0 Å². The van der Waals surface area contributed by atoms with Gasteiger partial charge in [0.2, 0.25) is 0 Å². The van der Waals surface area contributed by atoms with Crippen molar-refractivity contribution in [3.8, 4) is 0 Å². The molecule has 0 aliphatic rings. The molecule has 0 fully saturated rings. The molecular weight excluding hydrogens is 507 g/mol. The van der Waals surface area contributed by atoms with E-state index < -0.39 is 11.1 Å². The highest BCUT2D eigenvalue weighted by atomic mass is 35.5. The molecule has 186 valence electrons. The number of hydrogen-bond donors (Lipinski definition) is 4. The lowest BCUT2D eigenvalue weighted by Crippen LogP contribution is -2.11. The molecule has 0 amide bonds. The smallest absolute Gasteiger partial charge is 0.310 e. The minimum absolute atomic E-state index is 0.00930. The number of ether oxygens (including phenoxy) is 1. The van der Waals surface area contributed by atoms with Gasteiger partial charge in [0.15, 0.2) is 0 Å². The number of rotatable bonds is 10. The van der Waals surface area contributed by atoms with Gasteiger partial charge in [-0.05, 0) is 41.5 Å². The summed E-state index contributed by atoms with van der Waals surface area (Å²) in [5, 5.41) is 27.6. The van der Waals surface area contributed by atoms with E-state index in [-0.39, 0.29) is 19.6 Å². The van der Waals surface area contributed by atoms with Crippen molar-refractivity contribution in [1.29, 1.82) is 0 Å². The summed E-state index contributed by atoms with van der Waals surface area (Å²) in [5.74, 6) is -0.465. The number of halogens is 2. The Balaban J connectivity index is 0.00000100. The molecule has 2 aromatic carbocycles. The molecule has 4 N–H and O–H groups in total. The third-order valence-corrected chi connectivity index (χ3v) is 4.81. The number of anilines is 2. The highest BCUT2D eigenvalue weighted by molar-refractivity contribution is 6.39. The molecular formula is C21H20Cl2N4O8. The lowest BCUT2D eigenvalue weighted by atomic mass is 10.1. The molecule has 14 heteroatoms. The predicted octanol–water partition coefficient (Wildman–Crippen LogP) is 4.50. The standard InChI is InChI=1S/C21H17Cl2N3O5.H3NO3/c22-17-8-4-9-18(23)21(17)25-19-10-2-1-5-14(19)11-20(27)30-12-15-6-3-7-16(24-15)13-31-26(28)29;2-1-4-3/h1-10,25H,11-13H2;1-3H. The van der Waals surface area contributed by atoms with Crippen LogP contribution in [0.1, 0.15) is 17.0 Å². The maximum Gasteiger partial charge on any atom is 0.310 e. The van der Waals surface area contributed by atoms with Crippen molar-refractivity contribution < 1.29 is 34.9 Å². The molecule has 35 heavy (non-hydrogen) atoms. The number of nitrogens with one attached hydrogen (secondary N) is 2. The zero-order chi connectivity index (χ0) is 25.6. The number of carbonyl (C=O) groups is 1. The van der Waals surface area contributed by atoms with Crippen molar-refractivity contribution in [2.24, 2.45) is 0 Å². The number of esters is 1. The lowest BCUT2D eigenvalue weighted by Gasteiger charge is -2.14. The average Bonchev–Trinajstić information content (AvgIpc) is 2.85. The predicted molar refractivity (Wildman–Crippen MR) is 124 cm³/mol. The molecule has 3 rings (SSSR count). The Morgan fingerprint density at radius 3 is 2.23 bits per heavy atom. The fraction of sp³-hybridized carbons (Fsp3) is 0.143. The Hall–Kier alpha value is -3.52. The second-order valence-electron chi connectivity index (χ2n) is 6.52. The molecule has 12 nitrogen and oxygen atoms in total. The minimum Gasteiger partial charge on any atom is -0.459 e. The van der Waals surface area contributed by atoms with Gasteiger partial charge in [0.25, 0.3) is 5.09 Å². The van der Waals surface area contributed by atoms with Gasteiger partial charge < -0.3 is 14.9 Å². The first-order chi connectivity index (χ1) is 16.8. The van der Waals surface area contributed by atoms with Crippen molar-refractivity contribution >= 4 is 40.5 Å². The van der Waals surface area contributed by atoms with Gasteiger partial charge in [-0.15, -0.1) is 15.1 Å². The molecule has 0 aliphatic heterocycles. The quantitative estimate of drug-likeness (QED) is 0.127. The second kappa shape index (κ2) is 14.7. The number of benzene rings is 2. The Labute approximate surface area is 208 Å². The van der Waals surface area contributed by atoms with Gasteiger partial charge in [-0.25, -0.2) is 5.26 Å². The Bertz CT molecular complexity index is 1110. The summed E-state index contributed by atoms with van der Waals surface area (Å²) in [4.78, 5) is 34.0. The molecule has 3 aromatic rings. The Morgan fingerprint density at radius 1 is 1.00 bits per heavy atom. The van der Waals surface area contributed by atoms with E-state index in [1.165, 1.54) is 0 Å². The van der Waals surface area contributed by atoms with Crippen LogP contribution in [-0.4, -0.2) is 26.5 Å². The summed E-state index contributed by atoms with van der Waals surface area (Å²) in [6.07, 6.45) is 0.00930. The van der Waals surface area contributed by atoms with Crippen LogP contribution in [0.5, 0.6) is 0 Å². The van der Waals surface area contributed by atoms with E-state index in [2.05, 4.69) is 20.1 Å². The van der Waals surface area contributed by atoms with Gasteiger partial charge in [-0.2, -0.15) is 0 Å². The topological polar surface area (TPSA) is 165 Å². The number of nitrogens with zero attached hydrogens (tertiary/aromatic N) is 2. The third kappa shape index (κ3) is 9.70. The molecule has 0 spiro atoms. The van der Waals surface area contributed by atoms with Gasteiger partial charge in [-0.1, -0.05) is 53.5 Å². The number of hydrogen-bond acceptors (Lipinski definition) is 11. The van der Waals surface area contributed by atoms with Crippen LogP contribution >= 0.6 is 23.2 Å². The van der Waals surface area contributed by atoms with Crippen molar-refractivity contribution in [2.75, 3.05) is 5.32 Å². The second-order valence-corrected chi connectivity index (χ2v) is 7.33. The van der Waals surface area contributed by atoms with Gasteiger partial charge in [0, 0.05) is 5.69 Å². The largest absolute Gasteiger partial charge is 0.459 e. The van der Waals surface area contributed by atoms with Crippen LogP contribution in [0, 0.1) is 10.1 Å². The van der Waals surface area contributed by atoms with E-state index in [0.29, 0.717) is 38.4 Å². The van der Waals surface area contributed by atoms with Crippen LogP contribution in [-0.2, 0) is 39.0 Å². The van der Waals surface area contributed by atoms with E-state index in [0.717, 1.165) is 5.64 Å². The van der Waals surface area contributed by atoms with Crippen LogP contribution in [0.15, 0.2) is 60.7 Å². The van der Waals surface area contributed by atoms with Gasteiger partial charge in [-0.3, -0.25) is 15.0 Å². The molecule has 0 atom stereocenters. The molecule has 0 radical (unpaired) electrons. The van der Waals surface area contributed by atoms with Gasteiger partial charge in [0.05, 0.1) is 33.5 Å². The SMILES string of the molecule is O=C(Cc1ccccc1Nc1c(Cl)cccc1Cl)OCc1cccc(CO[N+](=O)[O-])n1.ONOO. The molecule has 0 aliphatic carbocycles. The van der Waals surface area contributed by atoms with Crippen molar-refractivity contribution in [1.82, 2.24) is 10.6 Å². The highest BCUT2D eigenvalue weighted by Crippen LogP contribution is 2.33. The zero-order valence-electron chi connectivity index (χ0n) is 17.9. The molecule has 0 unspecified atom stereocenters. The summed E-state index contributed by atoms with van der Waals surface area (Å²) in [5.41, 5.74) is 3.71. The Morgan fingerprint density at radius 2 is 1.60 bits per heavy atom. The van der Waals surface area contributed by atoms with Crippen LogP contribution in [0.25, 0.3) is 0 Å². The number of para-hydroxylation sites is 2. The first kappa shape index (κ1) is 27.7. The number of aromatic nitrogens is 1. The fourth-order valence-corrected chi connectivity index (χ4v) is 3.21. The summed E-state index contributed by atoms with van der Waals surface area (Å²) in [7, 11) is 0. The van der Waals surface area contributed by atoms with Gasteiger partial charge >= 0.3 is 5.97 Å². The summed E-state index contributed by atoms with van der Waals surface area (Å²) in [6, 6.07) is 17.3. The van der Waals surface area contributed by atoms with E-state index in [1.807, 2.05) is 18.2 Å². The number of pyridine rings is 1. The first-order valence-electron chi connectivity index (χ1n) is 9.70. The maximum absolute atomic E-state index is 12.4. The molecule has 1 heterocycles. The van der Waals surface area contributed by atoms with Gasteiger partial charge in [0.1, 0.15) is 13.2 Å². The van der Waals surface area contributed by atoms with E-state index in [4.69, 9.17) is 38.4 Å². The van der Waals surface area contributed by atoms with Crippen molar-refractivity contribution in [2.45, 2.75) is 19.6 Å².